The highest BCUT2D eigenvalue weighted by atomic mass is 16.5. The summed E-state index contributed by atoms with van der Waals surface area (Å²) in [4.78, 5) is 27.8. The number of rotatable bonds is 6. The molecule has 0 aromatic heterocycles. The molecule has 6 nitrogen and oxygen atoms in total. The van der Waals surface area contributed by atoms with Gasteiger partial charge in [-0.1, -0.05) is 12.1 Å². The Balaban J connectivity index is 2.13. The Labute approximate surface area is 148 Å². The molecule has 0 radical (unpaired) electrons. The second-order valence-corrected chi connectivity index (χ2v) is 5.76. The van der Waals surface area contributed by atoms with E-state index in [0.29, 0.717) is 17.1 Å². The summed E-state index contributed by atoms with van der Waals surface area (Å²) in [6, 6.07) is 14.6. The van der Waals surface area contributed by atoms with E-state index >= 15 is 0 Å². The zero-order valence-electron chi connectivity index (χ0n) is 14.9. The molecule has 0 spiro atoms. The Hall–Kier alpha value is -3.02. The first-order valence-corrected chi connectivity index (χ1v) is 7.90. The van der Waals surface area contributed by atoms with E-state index in [1.54, 1.807) is 25.3 Å². The molecule has 0 bridgehead atoms. The van der Waals surface area contributed by atoms with Gasteiger partial charge in [0.25, 0.3) is 0 Å². The van der Waals surface area contributed by atoms with Crippen LogP contribution in [0, 0.1) is 0 Å². The molecule has 2 rings (SSSR count). The monoisotopic (exact) mass is 341 g/mol. The largest absolute Gasteiger partial charge is 0.495 e. The van der Waals surface area contributed by atoms with Crippen LogP contribution < -0.4 is 19.9 Å². The Morgan fingerprint density at radius 2 is 1.60 bits per heavy atom. The lowest BCUT2D eigenvalue weighted by atomic mass is 10.2. The van der Waals surface area contributed by atoms with Crippen molar-refractivity contribution in [2.45, 2.75) is 6.92 Å². The van der Waals surface area contributed by atoms with Crippen molar-refractivity contribution >= 4 is 28.9 Å². The molecule has 0 unspecified atom stereocenters. The smallest absolute Gasteiger partial charge is 0.244 e. The van der Waals surface area contributed by atoms with E-state index < -0.39 is 0 Å². The summed E-state index contributed by atoms with van der Waals surface area (Å²) in [5.41, 5.74) is 2.26. The predicted octanol–water partition coefficient (Wildman–Crippen LogP) is 2.75. The number of benzene rings is 2. The van der Waals surface area contributed by atoms with Crippen LogP contribution in [0.15, 0.2) is 48.5 Å². The van der Waals surface area contributed by atoms with Crippen molar-refractivity contribution in [1.29, 1.82) is 0 Å². The van der Waals surface area contributed by atoms with Gasteiger partial charge in [0.1, 0.15) is 12.3 Å². The average Bonchev–Trinajstić information content (AvgIpc) is 2.60. The number of anilines is 3. The van der Waals surface area contributed by atoms with Crippen molar-refractivity contribution in [3.8, 4) is 5.75 Å². The lowest BCUT2D eigenvalue weighted by Gasteiger charge is -2.22. The first-order valence-electron chi connectivity index (χ1n) is 7.90. The first kappa shape index (κ1) is 18.3. The van der Waals surface area contributed by atoms with Gasteiger partial charge in [0.05, 0.1) is 12.8 Å². The number of methoxy groups -OCH3 is 1. The van der Waals surface area contributed by atoms with Crippen LogP contribution in [0.3, 0.4) is 0 Å². The zero-order valence-corrected chi connectivity index (χ0v) is 14.9. The standard InChI is InChI=1S/C19H23N3O3/c1-14(23)22(16-11-9-15(10-12-16)21(2)3)13-19(24)20-17-7-5-6-8-18(17)25-4/h5-12H,13H2,1-4H3,(H,20,24). The van der Waals surface area contributed by atoms with Crippen LogP contribution in [0.5, 0.6) is 5.75 Å². The summed E-state index contributed by atoms with van der Waals surface area (Å²) < 4.78 is 5.22. The molecule has 0 aliphatic heterocycles. The number of hydrogen-bond donors (Lipinski definition) is 1. The molecule has 6 heteroatoms. The van der Waals surface area contributed by atoms with Crippen LogP contribution in [0.2, 0.25) is 0 Å². The minimum absolute atomic E-state index is 0.0747. The minimum atomic E-state index is -0.295. The fourth-order valence-electron chi connectivity index (χ4n) is 2.40. The quantitative estimate of drug-likeness (QED) is 0.878. The van der Waals surface area contributed by atoms with Gasteiger partial charge in [-0.2, -0.15) is 0 Å². The average molecular weight is 341 g/mol. The number of nitrogens with zero attached hydrogens (tertiary/aromatic N) is 2. The van der Waals surface area contributed by atoms with Crippen molar-refractivity contribution in [2.24, 2.45) is 0 Å². The molecule has 0 aliphatic rings. The van der Waals surface area contributed by atoms with Crippen molar-refractivity contribution in [2.75, 3.05) is 42.9 Å². The van der Waals surface area contributed by atoms with Crippen molar-refractivity contribution in [3.63, 3.8) is 0 Å². The summed E-state index contributed by atoms with van der Waals surface area (Å²) in [6.07, 6.45) is 0. The highest BCUT2D eigenvalue weighted by Crippen LogP contribution is 2.24. The second-order valence-electron chi connectivity index (χ2n) is 5.76. The summed E-state index contributed by atoms with van der Waals surface area (Å²) in [5, 5.41) is 2.78. The number of para-hydroxylation sites is 2. The van der Waals surface area contributed by atoms with E-state index in [2.05, 4.69) is 5.32 Å². The summed E-state index contributed by atoms with van der Waals surface area (Å²) in [5.74, 6) is 0.0738. The molecule has 2 aromatic rings. The van der Waals surface area contributed by atoms with Gasteiger partial charge >= 0.3 is 0 Å². The van der Waals surface area contributed by atoms with E-state index in [0.717, 1.165) is 5.69 Å². The van der Waals surface area contributed by atoms with Gasteiger partial charge < -0.3 is 19.9 Å². The van der Waals surface area contributed by atoms with Crippen LogP contribution in [-0.4, -0.2) is 39.6 Å². The highest BCUT2D eigenvalue weighted by Gasteiger charge is 2.17. The van der Waals surface area contributed by atoms with Crippen LogP contribution >= 0.6 is 0 Å². The molecular formula is C19H23N3O3. The highest BCUT2D eigenvalue weighted by molar-refractivity contribution is 6.02. The van der Waals surface area contributed by atoms with E-state index in [1.807, 2.05) is 49.3 Å². The number of carbonyl (C=O) groups is 2. The molecule has 0 heterocycles. The van der Waals surface area contributed by atoms with Gasteiger partial charge in [-0.25, -0.2) is 0 Å². The van der Waals surface area contributed by atoms with Gasteiger partial charge in [0.2, 0.25) is 11.8 Å². The fraction of sp³-hybridized carbons (Fsp3) is 0.263. The second kappa shape index (κ2) is 8.19. The molecule has 2 amide bonds. The number of ether oxygens (including phenoxy) is 1. The first-order chi connectivity index (χ1) is 11.9. The maximum Gasteiger partial charge on any atom is 0.244 e. The number of carbonyl (C=O) groups excluding carboxylic acids is 2. The maximum absolute atomic E-state index is 12.4. The van der Waals surface area contributed by atoms with E-state index in [4.69, 9.17) is 4.74 Å². The Kier molecular flexibility index (Phi) is 6.00. The summed E-state index contributed by atoms with van der Waals surface area (Å²) in [6.45, 7) is 1.37. The van der Waals surface area contributed by atoms with Crippen molar-refractivity contribution < 1.29 is 14.3 Å². The van der Waals surface area contributed by atoms with Crippen LogP contribution in [0.4, 0.5) is 17.1 Å². The van der Waals surface area contributed by atoms with E-state index in [-0.39, 0.29) is 18.4 Å². The van der Waals surface area contributed by atoms with Crippen LogP contribution in [0.1, 0.15) is 6.92 Å². The van der Waals surface area contributed by atoms with E-state index in [9.17, 15) is 9.59 Å². The Bertz CT molecular complexity index is 742. The number of nitrogens with one attached hydrogen (secondary N) is 1. The molecular weight excluding hydrogens is 318 g/mol. The maximum atomic E-state index is 12.4. The van der Waals surface area contributed by atoms with Crippen LogP contribution in [-0.2, 0) is 9.59 Å². The number of amides is 2. The van der Waals surface area contributed by atoms with Crippen molar-refractivity contribution in [3.05, 3.63) is 48.5 Å². The molecule has 0 saturated carbocycles. The summed E-state index contributed by atoms with van der Waals surface area (Å²) in [7, 11) is 5.43. The SMILES string of the molecule is COc1ccccc1NC(=O)CN(C(C)=O)c1ccc(N(C)C)cc1. The Morgan fingerprint density at radius 3 is 2.16 bits per heavy atom. The van der Waals surface area contributed by atoms with Gasteiger partial charge in [-0.15, -0.1) is 0 Å². The van der Waals surface area contributed by atoms with Gasteiger partial charge in [0, 0.05) is 32.4 Å². The lowest BCUT2D eigenvalue weighted by Crippen LogP contribution is -2.36. The number of hydrogen-bond acceptors (Lipinski definition) is 4. The third-order valence-electron chi connectivity index (χ3n) is 3.74. The molecule has 1 N–H and O–H groups in total. The Morgan fingerprint density at radius 1 is 1.00 bits per heavy atom. The third-order valence-corrected chi connectivity index (χ3v) is 3.74. The molecule has 132 valence electrons. The van der Waals surface area contributed by atoms with Crippen LogP contribution in [0.25, 0.3) is 0 Å². The van der Waals surface area contributed by atoms with Gasteiger partial charge in [-0.3, -0.25) is 9.59 Å². The lowest BCUT2D eigenvalue weighted by molar-refractivity contribution is -0.120. The molecule has 0 aliphatic carbocycles. The minimum Gasteiger partial charge on any atom is -0.495 e. The third kappa shape index (κ3) is 4.73. The zero-order chi connectivity index (χ0) is 18.4. The normalized spacial score (nSPS) is 10.1. The van der Waals surface area contributed by atoms with E-state index in [1.165, 1.54) is 11.8 Å². The summed E-state index contributed by atoms with van der Waals surface area (Å²) >= 11 is 0. The molecule has 0 atom stereocenters. The molecule has 25 heavy (non-hydrogen) atoms. The molecule has 0 fully saturated rings. The van der Waals surface area contributed by atoms with Gasteiger partial charge in [0.15, 0.2) is 0 Å². The predicted molar refractivity (Wildman–Crippen MR) is 100 cm³/mol. The van der Waals surface area contributed by atoms with Crippen molar-refractivity contribution in [1.82, 2.24) is 0 Å². The molecule has 2 aromatic carbocycles. The molecule has 0 saturated heterocycles. The fourth-order valence-corrected chi connectivity index (χ4v) is 2.40. The van der Waals surface area contributed by atoms with Gasteiger partial charge in [-0.05, 0) is 36.4 Å². The topological polar surface area (TPSA) is 61.9 Å².